The number of carbonyl (C=O) groups is 2. The number of carbonyl (C=O) groups excluding carboxylic acids is 1. The molecular formula is C8H8N2O3. The SMILES string of the molecule is NNC(=O)c1cccc(C(=O)O)c1. The molecule has 0 spiro atoms. The van der Waals surface area contributed by atoms with E-state index in [9.17, 15) is 9.59 Å². The van der Waals surface area contributed by atoms with Crippen LogP contribution in [-0.2, 0) is 0 Å². The average Bonchev–Trinajstić information content (AvgIpc) is 2.17. The number of amides is 1. The number of hydrogen-bond donors (Lipinski definition) is 3. The summed E-state index contributed by atoms with van der Waals surface area (Å²) in [7, 11) is 0. The van der Waals surface area contributed by atoms with Crippen molar-refractivity contribution in [3.63, 3.8) is 0 Å². The lowest BCUT2D eigenvalue weighted by molar-refractivity contribution is 0.0697. The third kappa shape index (κ3) is 2.03. The maximum absolute atomic E-state index is 11.0. The number of hydrazine groups is 1. The first-order valence-electron chi connectivity index (χ1n) is 3.49. The molecule has 0 aliphatic heterocycles. The van der Waals surface area contributed by atoms with Crippen LogP contribution in [0, 0.1) is 0 Å². The Hall–Kier alpha value is -1.88. The Bertz CT molecular complexity index is 349. The molecule has 1 amide bonds. The van der Waals surface area contributed by atoms with E-state index in [0.717, 1.165) is 0 Å². The second-order valence-electron chi connectivity index (χ2n) is 2.36. The van der Waals surface area contributed by atoms with E-state index in [2.05, 4.69) is 0 Å². The van der Waals surface area contributed by atoms with Gasteiger partial charge in [0.1, 0.15) is 0 Å². The number of carboxylic acids is 1. The first-order valence-corrected chi connectivity index (χ1v) is 3.49. The number of aromatic carboxylic acids is 1. The third-order valence-electron chi connectivity index (χ3n) is 1.50. The van der Waals surface area contributed by atoms with Gasteiger partial charge < -0.3 is 5.11 Å². The standard InChI is InChI=1S/C8H8N2O3/c9-10-7(11)5-2-1-3-6(4-5)8(12)13/h1-4H,9H2,(H,10,11)(H,12,13). The van der Waals surface area contributed by atoms with Crippen LogP contribution >= 0.6 is 0 Å². The smallest absolute Gasteiger partial charge is 0.335 e. The molecule has 0 saturated heterocycles. The van der Waals surface area contributed by atoms with Crippen LogP contribution in [0.15, 0.2) is 24.3 Å². The Balaban J connectivity index is 3.05. The summed E-state index contributed by atoms with van der Waals surface area (Å²) in [5.74, 6) is 3.30. The van der Waals surface area contributed by atoms with Crippen LogP contribution in [0.2, 0.25) is 0 Å². The van der Waals surface area contributed by atoms with Crippen LogP contribution in [0.25, 0.3) is 0 Å². The molecule has 0 aromatic heterocycles. The van der Waals surface area contributed by atoms with Gasteiger partial charge in [-0.3, -0.25) is 10.2 Å². The van der Waals surface area contributed by atoms with Crippen molar-refractivity contribution in [1.82, 2.24) is 5.43 Å². The molecule has 1 rings (SSSR count). The van der Waals surface area contributed by atoms with Crippen LogP contribution in [0.5, 0.6) is 0 Å². The number of nitrogens with two attached hydrogens (primary N) is 1. The van der Waals surface area contributed by atoms with Crippen molar-refractivity contribution >= 4 is 11.9 Å². The van der Waals surface area contributed by atoms with Crippen molar-refractivity contribution in [3.8, 4) is 0 Å². The van der Waals surface area contributed by atoms with Gasteiger partial charge in [0.15, 0.2) is 0 Å². The first-order chi connectivity index (χ1) is 6.15. The molecule has 13 heavy (non-hydrogen) atoms. The Morgan fingerprint density at radius 1 is 1.31 bits per heavy atom. The Labute approximate surface area is 74.1 Å². The predicted octanol–water partition coefficient (Wildman–Crippen LogP) is -0.0117. The van der Waals surface area contributed by atoms with Crippen molar-refractivity contribution in [2.24, 2.45) is 5.84 Å². The molecule has 5 heteroatoms. The summed E-state index contributed by atoms with van der Waals surface area (Å²) < 4.78 is 0. The molecular weight excluding hydrogens is 172 g/mol. The van der Waals surface area contributed by atoms with Gasteiger partial charge in [0.2, 0.25) is 0 Å². The van der Waals surface area contributed by atoms with Crippen molar-refractivity contribution in [2.45, 2.75) is 0 Å². The van der Waals surface area contributed by atoms with Crippen molar-refractivity contribution < 1.29 is 14.7 Å². The van der Waals surface area contributed by atoms with Gasteiger partial charge in [0.05, 0.1) is 5.56 Å². The van der Waals surface area contributed by atoms with Crippen molar-refractivity contribution in [3.05, 3.63) is 35.4 Å². The second kappa shape index (κ2) is 3.68. The molecule has 0 heterocycles. The molecule has 68 valence electrons. The van der Waals surface area contributed by atoms with Gasteiger partial charge in [-0.1, -0.05) is 6.07 Å². The van der Waals surface area contributed by atoms with Gasteiger partial charge in [0.25, 0.3) is 5.91 Å². The van der Waals surface area contributed by atoms with Crippen LogP contribution in [0.3, 0.4) is 0 Å². The number of nitrogen functional groups attached to an aromatic ring is 1. The molecule has 5 nitrogen and oxygen atoms in total. The van der Waals surface area contributed by atoms with E-state index in [-0.39, 0.29) is 11.1 Å². The summed E-state index contributed by atoms with van der Waals surface area (Å²) in [6.07, 6.45) is 0. The minimum absolute atomic E-state index is 0.0566. The number of rotatable bonds is 2. The Kier molecular flexibility index (Phi) is 2.61. The molecule has 0 atom stereocenters. The largest absolute Gasteiger partial charge is 0.478 e. The summed E-state index contributed by atoms with van der Waals surface area (Å²) >= 11 is 0. The molecule has 1 aromatic carbocycles. The van der Waals surface area contributed by atoms with Gasteiger partial charge in [-0.2, -0.15) is 0 Å². The zero-order valence-corrected chi connectivity index (χ0v) is 6.65. The Morgan fingerprint density at radius 2 is 1.92 bits per heavy atom. The normalized spacial score (nSPS) is 9.31. The highest BCUT2D eigenvalue weighted by molar-refractivity contribution is 5.97. The molecule has 0 aliphatic carbocycles. The lowest BCUT2D eigenvalue weighted by Crippen LogP contribution is -2.30. The monoisotopic (exact) mass is 180 g/mol. The predicted molar refractivity (Wildman–Crippen MR) is 45.1 cm³/mol. The van der Waals surface area contributed by atoms with Gasteiger partial charge in [0, 0.05) is 5.56 Å². The van der Waals surface area contributed by atoms with Crippen LogP contribution in [-0.4, -0.2) is 17.0 Å². The second-order valence-corrected chi connectivity index (χ2v) is 2.36. The summed E-state index contributed by atoms with van der Waals surface area (Å²) in [5, 5.41) is 8.60. The van der Waals surface area contributed by atoms with E-state index in [1.165, 1.54) is 24.3 Å². The van der Waals surface area contributed by atoms with Gasteiger partial charge in [-0.25, -0.2) is 10.6 Å². The number of carboxylic acid groups (broad SMARTS) is 1. The lowest BCUT2D eigenvalue weighted by Gasteiger charge is -1.99. The van der Waals surface area contributed by atoms with Gasteiger partial charge in [-0.15, -0.1) is 0 Å². The number of nitrogens with one attached hydrogen (secondary N) is 1. The number of hydrogen-bond acceptors (Lipinski definition) is 3. The highest BCUT2D eigenvalue weighted by Gasteiger charge is 2.07. The molecule has 4 N–H and O–H groups in total. The molecule has 0 unspecified atom stereocenters. The molecule has 0 fully saturated rings. The van der Waals surface area contributed by atoms with E-state index >= 15 is 0 Å². The highest BCUT2D eigenvalue weighted by atomic mass is 16.4. The van der Waals surface area contributed by atoms with Gasteiger partial charge in [-0.05, 0) is 18.2 Å². The average molecular weight is 180 g/mol. The third-order valence-corrected chi connectivity index (χ3v) is 1.50. The zero-order valence-electron chi connectivity index (χ0n) is 6.65. The fourth-order valence-electron chi connectivity index (χ4n) is 0.877. The van der Waals surface area contributed by atoms with Crippen LogP contribution < -0.4 is 11.3 Å². The summed E-state index contributed by atoms with van der Waals surface area (Å²) in [6, 6.07) is 5.61. The molecule has 0 radical (unpaired) electrons. The van der Waals surface area contributed by atoms with E-state index in [4.69, 9.17) is 10.9 Å². The summed E-state index contributed by atoms with van der Waals surface area (Å²) in [4.78, 5) is 21.5. The van der Waals surface area contributed by atoms with Gasteiger partial charge >= 0.3 is 5.97 Å². The van der Waals surface area contributed by atoms with Crippen molar-refractivity contribution in [2.75, 3.05) is 0 Å². The molecule has 0 aliphatic rings. The fourth-order valence-corrected chi connectivity index (χ4v) is 0.877. The topological polar surface area (TPSA) is 92.4 Å². The highest BCUT2D eigenvalue weighted by Crippen LogP contribution is 2.04. The maximum Gasteiger partial charge on any atom is 0.335 e. The molecule has 0 bridgehead atoms. The first kappa shape index (κ1) is 9.21. The summed E-state index contributed by atoms with van der Waals surface area (Å²) in [6.45, 7) is 0. The Morgan fingerprint density at radius 3 is 2.46 bits per heavy atom. The van der Waals surface area contributed by atoms with E-state index in [1.807, 2.05) is 5.43 Å². The van der Waals surface area contributed by atoms with Crippen LogP contribution in [0.4, 0.5) is 0 Å². The van der Waals surface area contributed by atoms with Crippen LogP contribution in [0.1, 0.15) is 20.7 Å². The molecule has 1 aromatic rings. The number of benzene rings is 1. The minimum Gasteiger partial charge on any atom is -0.478 e. The maximum atomic E-state index is 11.0. The van der Waals surface area contributed by atoms with E-state index in [0.29, 0.717) is 0 Å². The fraction of sp³-hybridized carbons (Fsp3) is 0. The lowest BCUT2D eigenvalue weighted by atomic mass is 10.1. The van der Waals surface area contributed by atoms with Crippen molar-refractivity contribution in [1.29, 1.82) is 0 Å². The minimum atomic E-state index is -1.08. The van der Waals surface area contributed by atoms with E-state index < -0.39 is 11.9 Å². The summed E-state index contributed by atoms with van der Waals surface area (Å²) in [5.41, 5.74) is 2.20. The quantitative estimate of drug-likeness (QED) is 0.339. The van der Waals surface area contributed by atoms with E-state index in [1.54, 1.807) is 0 Å². The molecule has 0 saturated carbocycles. The zero-order chi connectivity index (χ0) is 9.84.